The van der Waals surface area contributed by atoms with Gasteiger partial charge in [-0.2, -0.15) is 0 Å². The van der Waals surface area contributed by atoms with Crippen molar-refractivity contribution in [3.05, 3.63) is 53.7 Å². The van der Waals surface area contributed by atoms with Crippen LogP contribution in [0.5, 0.6) is 5.75 Å². The lowest BCUT2D eigenvalue weighted by molar-refractivity contribution is 0.339. The average molecular weight is 257 g/mol. The average Bonchev–Trinajstić information content (AvgIpc) is 2.43. The lowest BCUT2D eigenvalue weighted by Gasteiger charge is -2.19. The Bertz CT molecular complexity index is 542. The first-order valence-electron chi connectivity index (χ1n) is 6.36. The van der Waals surface area contributed by atoms with Crippen LogP contribution in [0.2, 0.25) is 0 Å². The Morgan fingerprint density at radius 1 is 1.32 bits per heavy atom. The predicted octanol–water partition coefficient (Wildman–Crippen LogP) is 2.37. The highest BCUT2D eigenvalue weighted by Gasteiger charge is 2.15. The van der Waals surface area contributed by atoms with Crippen LogP contribution in [0, 0.1) is 0 Å². The highest BCUT2D eigenvalue weighted by Crippen LogP contribution is 2.27. The van der Waals surface area contributed by atoms with E-state index in [1.54, 1.807) is 6.20 Å². The van der Waals surface area contributed by atoms with Crippen molar-refractivity contribution in [3.63, 3.8) is 0 Å². The van der Waals surface area contributed by atoms with Crippen LogP contribution in [0.15, 0.2) is 42.6 Å². The van der Waals surface area contributed by atoms with E-state index in [0.29, 0.717) is 12.4 Å². The number of hydrogen-bond acceptors (Lipinski definition) is 4. The van der Waals surface area contributed by atoms with Crippen LogP contribution in [-0.2, 0) is 0 Å². The molecule has 1 aromatic carbocycles. The van der Waals surface area contributed by atoms with Crippen molar-refractivity contribution >= 4 is 5.82 Å². The maximum absolute atomic E-state index is 5.95. The second-order valence-electron chi connectivity index (χ2n) is 4.21. The lowest BCUT2D eigenvalue weighted by atomic mass is 9.99. The van der Waals surface area contributed by atoms with Gasteiger partial charge in [0.1, 0.15) is 11.6 Å². The number of hydrogen-bond donors (Lipinski definition) is 2. The Morgan fingerprint density at radius 2 is 2.16 bits per heavy atom. The third kappa shape index (κ3) is 3.03. The molecule has 0 radical (unpaired) electrons. The summed E-state index contributed by atoms with van der Waals surface area (Å²) in [6, 6.07) is 11.9. The summed E-state index contributed by atoms with van der Waals surface area (Å²) in [5.74, 6) is 1.41. The Hall–Kier alpha value is -2.07. The minimum Gasteiger partial charge on any atom is -0.494 e. The zero-order valence-electron chi connectivity index (χ0n) is 11.3. The van der Waals surface area contributed by atoms with E-state index < -0.39 is 0 Å². The summed E-state index contributed by atoms with van der Waals surface area (Å²) in [5, 5.41) is 3.27. The molecule has 19 heavy (non-hydrogen) atoms. The van der Waals surface area contributed by atoms with Crippen LogP contribution in [0.4, 0.5) is 5.82 Å². The third-order valence-electron chi connectivity index (χ3n) is 2.97. The molecule has 0 aliphatic rings. The topological polar surface area (TPSA) is 60.2 Å². The Kier molecular flexibility index (Phi) is 4.36. The molecule has 0 bridgehead atoms. The van der Waals surface area contributed by atoms with E-state index in [4.69, 9.17) is 10.5 Å². The second-order valence-corrected chi connectivity index (χ2v) is 4.21. The normalized spacial score (nSPS) is 12.1. The summed E-state index contributed by atoms with van der Waals surface area (Å²) >= 11 is 0. The SMILES string of the molecule is CCOc1cccc(C(NC)c2cccnc2N)c1. The number of benzene rings is 1. The van der Waals surface area contributed by atoms with Crippen LogP contribution in [-0.4, -0.2) is 18.6 Å². The van der Waals surface area contributed by atoms with Gasteiger partial charge in [0, 0.05) is 11.8 Å². The zero-order valence-corrected chi connectivity index (χ0v) is 11.3. The number of nitrogen functional groups attached to an aromatic ring is 1. The van der Waals surface area contributed by atoms with Gasteiger partial charge >= 0.3 is 0 Å². The molecule has 4 heteroatoms. The van der Waals surface area contributed by atoms with Gasteiger partial charge in [-0.25, -0.2) is 4.98 Å². The van der Waals surface area contributed by atoms with Gasteiger partial charge < -0.3 is 15.8 Å². The van der Waals surface area contributed by atoms with Crippen molar-refractivity contribution in [3.8, 4) is 5.75 Å². The van der Waals surface area contributed by atoms with E-state index in [2.05, 4.69) is 16.4 Å². The minimum atomic E-state index is 0.00843. The molecule has 4 nitrogen and oxygen atoms in total. The monoisotopic (exact) mass is 257 g/mol. The Morgan fingerprint density at radius 3 is 2.84 bits per heavy atom. The van der Waals surface area contributed by atoms with E-state index in [9.17, 15) is 0 Å². The summed E-state index contributed by atoms with van der Waals surface area (Å²) in [5.41, 5.74) is 8.02. The fraction of sp³-hybridized carbons (Fsp3) is 0.267. The maximum Gasteiger partial charge on any atom is 0.128 e. The number of nitrogens with two attached hydrogens (primary N) is 1. The van der Waals surface area contributed by atoms with Crippen molar-refractivity contribution in [2.45, 2.75) is 13.0 Å². The molecule has 2 aromatic rings. The van der Waals surface area contributed by atoms with Gasteiger partial charge in [0.25, 0.3) is 0 Å². The number of nitrogens with zero attached hydrogens (tertiary/aromatic N) is 1. The first-order valence-corrected chi connectivity index (χ1v) is 6.36. The molecule has 1 heterocycles. The number of rotatable bonds is 5. The maximum atomic E-state index is 5.95. The molecule has 0 amide bonds. The quantitative estimate of drug-likeness (QED) is 0.863. The fourth-order valence-electron chi connectivity index (χ4n) is 2.13. The summed E-state index contributed by atoms with van der Waals surface area (Å²) in [6.07, 6.45) is 1.70. The number of anilines is 1. The van der Waals surface area contributed by atoms with E-state index >= 15 is 0 Å². The second kappa shape index (κ2) is 6.20. The molecule has 0 spiro atoms. The fourth-order valence-corrected chi connectivity index (χ4v) is 2.13. The third-order valence-corrected chi connectivity index (χ3v) is 2.97. The summed E-state index contributed by atoms with van der Waals surface area (Å²) < 4.78 is 5.53. The molecule has 1 atom stereocenters. The van der Waals surface area contributed by atoms with Crippen LogP contribution < -0.4 is 15.8 Å². The molecule has 2 rings (SSSR count). The molecular formula is C15H19N3O. The van der Waals surface area contributed by atoms with Gasteiger partial charge in [-0.05, 0) is 37.7 Å². The highest BCUT2D eigenvalue weighted by atomic mass is 16.5. The first-order chi connectivity index (χ1) is 9.26. The van der Waals surface area contributed by atoms with Crippen LogP contribution in [0.1, 0.15) is 24.1 Å². The van der Waals surface area contributed by atoms with Crippen molar-refractivity contribution in [1.29, 1.82) is 0 Å². The van der Waals surface area contributed by atoms with Gasteiger partial charge in [0.05, 0.1) is 12.6 Å². The predicted molar refractivity (Wildman–Crippen MR) is 77.2 cm³/mol. The number of aromatic nitrogens is 1. The molecular weight excluding hydrogens is 238 g/mol. The molecule has 0 saturated heterocycles. The summed E-state index contributed by atoms with van der Waals surface area (Å²) in [6.45, 7) is 2.63. The van der Waals surface area contributed by atoms with Gasteiger partial charge in [0.2, 0.25) is 0 Å². The smallest absolute Gasteiger partial charge is 0.128 e. The zero-order chi connectivity index (χ0) is 13.7. The minimum absolute atomic E-state index is 0.00843. The van der Waals surface area contributed by atoms with E-state index in [1.165, 1.54) is 0 Å². The summed E-state index contributed by atoms with van der Waals surface area (Å²) in [4.78, 5) is 4.14. The largest absolute Gasteiger partial charge is 0.494 e. The summed E-state index contributed by atoms with van der Waals surface area (Å²) in [7, 11) is 1.91. The van der Waals surface area contributed by atoms with Crippen molar-refractivity contribution < 1.29 is 4.74 Å². The van der Waals surface area contributed by atoms with E-state index in [0.717, 1.165) is 16.9 Å². The number of pyridine rings is 1. The van der Waals surface area contributed by atoms with Crippen molar-refractivity contribution in [2.75, 3.05) is 19.4 Å². The molecule has 3 N–H and O–H groups in total. The Balaban J connectivity index is 2.37. The number of ether oxygens (including phenoxy) is 1. The molecule has 1 aromatic heterocycles. The van der Waals surface area contributed by atoms with Crippen molar-refractivity contribution in [1.82, 2.24) is 10.3 Å². The van der Waals surface area contributed by atoms with Crippen LogP contribution in [0.3, 0.4) is 0 Å². The molecule has 0 aliphatic carbocycles. The lowest BCUT2D eigenvalue weighted by Crippen LogP contribution is -2.19. The van der Waals surface area contributed by atoms with Crippen molar-refractivity contribution in [2.24, 2.45) is 0 Å². The molecule has 1 unspecified atom stereocenters. The number of nitrogens with one attached hydrogen (secondary N) is 1. The van der Waals surface area contributed by atoms with Crippen LogP contribution in [0.25, 0.3) is 0 Å². The van der Waals surface area contributed by atoms with Gasteiger partial charge in [-0.3, -0.25) is 0 Å². The molecule has 100 valence electrons. The molecule has 0 saturated carbocycles. The first kappa shape index (κ1) is 13.4. The van der Waals surface area contributed by atoms with E-state index in [-0.39, 0.29) is 6.04 Å². The van der Waals surface area contributed by atoms with Crippen LogP contribution >= 0.6 is 0 Å². The molecule has 0 aliphatic heterocycles. The van der Waals surface area contributed by atoms with Gasteiger partial charge in [0.15, 0.2) is 0 Å². The Labute approximate surface area is 113 Å². The highest BCUT2D eigenvalue weighted by molar-refractivity contribution is 5.46. The van der Waals surface area contributed by atoms with Gasteiger partial charge in [-0.1, -0.05) is 18.2 Å². The van der Waals surface area contributed by atoms with Gasteiger partial charge in [-0.15, -0.1) is 0 Å². The standard InChI is InChI=1S/C15H19N3O/c1-3-19-12-7-4-6-11(10-12)14(17-2)13-8-5-9-18-15(13)16/h4-10,14,17H,3H2,1-2H3,(H2,16,18). The van der Waals surface area contributed by atoms with E-state index in [1.807, 2.05) is 44.3 Å². The molecule has 0 fully saturated rings.